The lowest BCUT2D eigenvalue weighted by Crippen LogP contribution is -2.41. The number of carbonyl (C=O) groups excluding carboxylic acids is 2. The summed E-state index contributed by atoms with van der Waals surface area (Å²) in [6.07, 6.45) is 40.3. The van der Waals surface area contributed by atoms with Crippen molar-refractivity contribution >= 4 is 11.9 Å². The number of nitrogens with zero attached hydrogens (tertiary/aromatic N) is 1. The van der Waals surface area contributed by atoms with Crippen LogP contribution in [-0.2, 0) is 49.4 Å². The van der Waals surface area contributed by atoms with Gasteiger partial charge in [-0.3, -0.25) is 9.59 Å². The first-order valence-corrected chi connectivity index (χ1v) is 31.6. The van der Waals surface area contributed by atoms with Crippen molar-refractivity contribution in [3.8, 4) is 0 Å². The number of hydrogen-bond donors (Lipinski definition) is 0. The molecule has 74 heavy (non-hydrogen) atoms. The van der Waals surface area contributed by atoms with Gasteiger partial charge in [-0.25, -0.2) is 0 Å². The molecule has 10 nitrogen and oxygen atoms in total. The third-order valence-corrected chi connectivity index (χ3v) is 14.8. The summed E-state index contributed by atoms with van der Waals surface area (Å²) in [5.41, 5.74) is 1.20. The van der Waals surface area contributed by atoms with Crippen LogP contribution in [0.25, 0.3) is 0 Å². The molecule has 1 aliphatic heterocycles. The Kier molecular flexibility index (Phi) is 47.5. The highest BCUT2D eigenvalue weighted by molar-refractivity contribution is 5.69. The van der Waals surface area contributed by atoms with Gasteiger partial charge in [0.25, 0.3) is 0 Å². The second-order valence-electron chi connectivity index (χ2n) is 21.9. The number of piperidine rings is 1. The van der Waals surface area contributed by atoms with Crippen LogP contribution < -0.4 is 0 Å². The quantitative estimate of drug-likeness (QED) is 0.0356. The van der Waals surface area contributed by atoms with Crippen LogP contribution in [0.1, 0.15) is 271 Å². The molecule has 1 aromatic rings. The number of benzene rings is 1. The predicted octanol–water partition coefficient (Wildman–Crippen LogP) is 17.1. The average Bonchev–Trinajstić information content (AvgIpc) is 3.41. The standard InChI is InChI=1S/C64H117NO9/c1-5-9-13-17-21-25-33-48-71-63(72-49-34-26-22-18-14-10-6-2)42-40-61(66)69-52-44-59-54-60(56-65(55-59)46-32-37-47-68-57-58-38-30-29-31-39-58)45-53-70-62(67)41-43-64(73-50-35-27-23-19-15-11-7-3)74-51-36-28-24-20-16-12-8-4/h29-31,38-39,59-60,63-64H,5-28,32-37,40-57H2,1-4H3. The minimum absolute atomic E-state index is 0.172. The van der Waals surface area contributed by atoms with Gasteiger partial charge in [-0.1, -0.05) is 212 Å². The Morgan fingerprint density at radius 3 is 1.18 bits per heavy atom. The smallest absolute Gasteiger partial charge is 0.305 e. The van der Waals surface area contributed by atoms with Crippen LogP contribution in [0.2, 0.25) is 0 Å². The molecule has 0 aromatic heterocycles. The van der Waals surface area contributed by atoms with Gasteiger partial charge in [0.05, 0.1) is 32.7 Å². The summed E-state index contributed by atoms with van der Waals surface area (Å²) in [7, 11) is 0. The maximum Gasteiger partial charge on any atom is 0.305 e. The summed E-state index contributed by atoms with van der Waals surface area (Å²) in [5.74, 6) is 0.457. The van der Waals surface area contributed by atoms with E-state index in [0.29, 0.717) is 83.8 Å². The van der Waals surface area contributed by atoms with Crippen LogP contribution in [0.3, 0.4) is 0 Å². The van der Waals surface area contributed by atoms with Crippen molar-refractivity contribution in [2.75, 3.05) is 65.9 Å². The lowest BCUT2D eigenvalue weighted by atomic mass is 9.85. The molecule has 2 atom stereocenters. The SMILES string of the molecule is CCCCCCCCCOC(CCC(=O)OCCC1CC(CCOC(=O)CCC(OCCCCCCCCC)OCCCCCCCCC)CN(CCCCOCc2ccccc2)C1)OCCCCCCCCC. The zero-order valence-electron chi connectivity index (χ0n) is 48.8. The van der Waals surface area contributed by atoms with Gasteiger partial charge >= 0.3 is 11.9 Å². The molecule has 0 spiro atoms. The number of hydrogen-bond acceptors (Lipinski definition) is 10. The first-order valence-electron chi connectivity index (χ1n) is 31.6. The molecule has 0 radical (unpaired) electrons. The molecule has 1 aromatic carbocycles. The molecule has 2 rings (SSSR count). The second-order valence-corrected chi connectivity index (χ2v) is 21.9. The van der Waals surface area contributed by atoms with Crippen molar-refractivity contribution in [1.82, 2.24) is 4.90 Å². The topological polar surface area (TPSA) is 102 Å². The number of likely N-dealkylation sites (tertiary alicyclic amines) is 1. The minimum Gasteiger partial charge on any atom is -0.466 e. The maximum absolute atomic E-state index is 13.2. The van der Waals surface area contributed by atoms with Crippen molar-refractivity contribution in [2.24, 2.45) is 11.8 Å². The molecule has 2 unspecified atom stereocenters. The molecule has 0 amide bonds. The predicted molar refractivity (Wildman–Crippen MR) is 306 cm³/mol. The van der Waals surface area contributed by atoms with Crippen LogP contribution in [0.5, 0.6) is 0 Å². The largest absolute Gasteiger partial charge is 0.466 e. The van der Waals surface area contributed by atoms with E-state index in [1.54, 1.807) is 0 Å². The van der Waals surface area contributed by atoms with E-state index in [1.165, 1.54) is 160 Å². The summed E-state index contributed by atoms with van der Waals surface area (Å²) in [6, 6.07) is 10.4. The molecular formula is C64H117NO9. The van der Waals surface area contributed by atoms with Gasteiger partial charge in [-0.15, -0.1) is 0 Å². The van der Waals surface area contributed by atoms with Gasteiger partial charge in [0, 0.05) is 59.0 Å². The van der Waals surface area contributed by atoms with Crippen LogP contribution in [0.15, 0.2) is 30.3 Å². The molecule has 432 valence electrons. The molecule has 1 aliphatic rings. The highest BCUT2D eigenvalue weighted by Gasteiger charge is 2.28. The molecule has 0 aliphatic carbocycles. The fourth-order valence-electron chi connectivity index (χ4n) is 10.1. The van der Waals surface area contributed by atoms with Crippen LogP contribution >= 0.6 is 0 Å². The lowest BCUT2D eigenvalue weighted by molar-refractivity contribution is -0.159. The minimum atomic E-state index is -0.365. The Morgan fingerprint density at radius 1 is 0.446 bits per heavy atom. The summed E-state index contributed by atoms with van der Waals surface area (Å²) in [6.45, 7) is 16.9. The normalized spacial score (nSPS) is 15.2. The molecular weight excluding hydrogens is 927 g/mol. The number of carbonyl (C=O) groups is 2. The molecule has 0 bridgehead atoms. The molecule has 10 heteroatoms. The Balaban J connectivity index is 1.87. The van der Waals surface area contributed by atoms with Gasteiger partial charge in [0.2, 0.25) is 0 Å². The monoisotopic (exact) mass is 1040 g/mol. The van der Waals surface area contributed by atoms with Gasteiger partial charge in [0.1, 0.15) is 0 Å². The lowest BCUT2D eigenvalue weighted by Gasteiger charge is -2.38. The summed E-state index contributed by atoms with van der Waals surface area (Å²) < 4.78 is 42.7. The fourth-order valence-corrected chi connectivity index (χ4v) is 10.1. The average molecular weight is 1040 g/mol. The van der Waals surface area contributed by atoms with Crippen molar-refractivity contribution in [1.29, 1.82) is 0 Å². The summed E-state index contributed by atoms with van der Waals surface area (Å²) >= 11 is 0. The number of esters is 2. The third-order valence-electron chi connectivity index (χ3n) is 14.8. The van der Waals surface area contributed by atoms with Crippen molar-refractivity contribution < 1.29 is 42.7 Å². The second kappa shape index (κ2) is 51.7. The van der Waals surface area contributed by atoms with E-state index >= 15 is 0 Å². The van der Waals surface area contributed by atoms with Gasteiger partial charge in [0.15, 0.2) is 12.6 Å². The Hall–Kier alpha value is -2.08. The van der Waals surface area contributed by atoms with Crippen LogP contribution in [0, 0.1) is 11.8 Å². The number of ether oxygens (including phenoxy) is 7. The van der Waals surface area contributed by atoms with Crippen LogP contribution in [-0.4, -0.2) is 95.3 Å². The van der Waals surface area contributed by atoms with E-state index in [9.17, 15) is 9.59 Å². The number of unbranched alkanes of at least 4 members (excludes halogenated alkanes) is 25. The zero-order valence-corrected chi connectivity index (χ0v) is 48.8. The fraction of sp³-hybridized carbons (Fsp3) is 0.875. The molecule has 1 heterocycles. The van der Waals surface area contributed by atoms with Crippen molar-refractivity contribution in [3.05, 3.63) is 35.9 Å². The molecule has 0 saturated carbocycles. The van der Waals surface area contributed by atoms with Gasteiger partial charge < -0.3 is 38.1 Å². The molecule has 1 saturated heterocycles. The van der Waals surface area contributed by atoms with Crippen molar-refractivity contribution in [2.45, 2.75) is 284 Å². The molecule has 0 N–H and O–H groups in total. The summed E-state index contributed by atoms with van der Waals surface area (Å²) in [4.78, 5) is 28.9. The molecule has 1 fully saturated rings. The highest BCUT2D eigenvalue weighted by Crippen LogP contribution is 2.28. The Labute approximate surface area is 455 Å². The van der Waals surface area contributed by atoms with E-state index in [-0.39, 0.29) is 24.5 Å². The van der Waals surface area contributed by atoms with E-state index in [4.69, 9.17) is 33.2 Å². The first kappa shape index (κ1) is 68.0. The Bertz CT molecular complexity index is 1240. The van der Waals surface area contributed by atoms with E-state index in [2.05, 4.69) is 56.9 Å². The number of rotatable bonds is 55. The van der Waals surface area contributed by atoms with Gasteiger partial charge in [-0.2, -0.15) is 0 Å². The third kappa shape index (κ3) is 42.0. The highest BCUT2D eigenvalue weighted by atomic mass is 16.7. The summed E-state index contributed by atoms with van der Waals surface area (Å²) in [5, 5.41) is 0. The Morgan fingerprint density at radius 2 is 0.797 bits per heavy atom. The van der Waals surface area contributed by atoms with Crippen molar-refractivity contribution in [3.63, 3.8) is 0 Å². The maximum atomic E-state index is 13.2. The van der Waals surface area contributed by atoms with E-state index in [0.717, 1.165) is 84.0 Å². The van der Waals surface area contributed by atoms with E-state index < -0.39 is 0 Å². The van der Waals surface area contributed by atoms with Gasteiger partial charge in [-0.05, 0) is 81.7 Å². The zero-order chi connectivity index (χ0) is 53.0. The first-order chi connectivity index (χ1) is 36.5. The van der Waals surface area contributed by atoms with Crippen LogP contribution in [0.4, 0.5) is 0 Å². The van der Waals surface area contributed by atoms with E-state index in [1.807, 2.05) is 6.07 Å².